The van der Waals surface area contributed by atoms with Crippen molar-refractivity contribution in [2.24, 2.45) is 0 Å². The lowest BCUT2D eigenvalue weighted by Crippen LogP contribution is -2.61. The molecule has 0 radical (unpaired) electrons. The highest BCUT2D eigenvalue weighted by molar-refractivity contribution is 7.00. The normalized spacial score (nSPS) is 12.0. The molecule has 0 saturated heterocycles. The minimum Gasteiger partial charge on any atom is -0.311 e. The van der Waals surface area contributed by atoms with Crippen molar-refractivity contribution in [2.75, 3.05) is 9.80 Å². The molecule has 1 aromatic heterocycles. The molecule has 0 saturated carbocycles. The highest BCUT2D eigenvalue weighted by Crippen LogP contribution is 2.48. The fourth-order valence-corrected chi connectivity index (χ4v) is 14.8. The minimum atomic E-state index is -0.210. The first-order valence-corrected chi connectivity index (χ1v) is 34.0. The first-order chi connectivity index (χ1) is 49.0. The Morgan fingerprint density at radius 2 is 0.434 bits per heavy atom. The van der Waals surface area contributed by atoms with Crippen LogP contribution in [0.2, 0.25) is 0 Å². The number of nitrogens with zero attached hydrogens (tertiary/aromatic N) is 4. The van der Waals surface area contributed by atoms with E-state index in [2.05, 4.69) is 392 Å². The van der Waals surface area contributed by atoms with E-state index in [1.54, 1.807) is 0 Å². The van der Waals surface area contributed by atoms with Crippen LogP contribution in [0.25, 0.3) is 123 Å². The van der Waals surface area contributed by atoms with Gasteiger partial charge in [-0.1, -0.05) is 291 Å². The predicted octanol–water partition coefficient (Wildman–Crippen LogP) is 22.9. The van der Waals surface area contributed by atoms with Crippen molar-refractivity contribution in [1.82, 2.24) is 9.97 Å². The predicted molar refractivity (Wildman–Crippen MR) is 416 cm³/mol. The Hall–Kier alpha value is -13.0. The molecule has 16 aromatic rings. The van der Waals surface area contributed by atoms with Crippen molar-refractivity contribution >= 4 is 57.2 Å². The number of anilines is 6. The summed E-state index contributed by atoms with van der Waals surface area (Å²) < 4.78 is 0. The average Bonchev–Trinajstić information content (AvgIpc) is 0.695. The second kappa shape index (κ2) is 25.3. The summed E-state index contributed by atoms with van der Waals surface area (Å²) in [5.74, 6) is 0.602. The third-order valence-electron chi connectivity index (χ3n) is 19.6. The first kappa shape index (κ1) is 58.6. The van der Waals surface area contributed by atoms with Gasteiger partial charge in [-0.3, -0.25) is 0 Å². The van der Waals surface area contributed by atoms with Gasteiger partial charge in [0.25, 0.3) is 6.71 Å². The molecule has 0 unspecified atom stereocenters. The van der Waals surface area contributed by atoms with Gasteiger partial charge in [0.05, 0.1) is 11.4 Å². The molecule has 2 aliphatic rings. The van der Waals surface area contributed by atoms with Crippen molar-refractivity contribution in [3.63, 3.8) is 0 Å². The lowest BCUT2D eigenvalue weighted by atomic mass is 9.33. The first-order valence-electron chi connectivity index (χ1n) is 34.0. The molecule has 0 bridgehead atoms. The largest absolute Gasteiger partial charge is 0.311 e. The highest BCUT2D eigenvalue weighted by atomic mass is 15.2. The molecule has 99 heavy (non-hydrogen) atoms. The van der Waals surface area contributed by atoms with E-state index in [-0.39, 0.29) is 6.71 Å². The van der Waals surface area contributed by atoms with Crippen LogP contribution in [0.5, 0.6) is 0 Å². The molecule has 0 amide bonds. The van der Waals surface area contributed by atoms with Crippen molar-refractivity contribution < 1.29 is 0 Å². The van der Waals surface area contributed by atoms with Gasteiger partial charge in [0.2, 0.25) is 0 Å². The number of aromatic nitrogens is 2. The van der Waals surface area contributed by atoms with E-state index in [4.69, 9.17) is 9.97 Å². The van der Waals surface area contributed by atoms with E-state index >= 15 is 0 Å². The van der Waals surface area contributed by atoms with E-state index in [9.17, 15) is 0 Å². The lowest BCUT2D eigenvalue weighted by Gasteiger charge is -2.44. The molecule has 3 heterocycles. The van der Waals surface area contributed by atoms with Crippen LogP contribution in [-0.2, 0) is 0 Å². The van der Waals surface area contributed by atoms with Crippen LogP contribution >= 0.6 is 0 Å². The summed E-state index contributed by atoms with van der Waals surface area (Å²) in [6, 6.07) is 139. The topological polar surface area (TPSA) is 32.3 Å². The highest BCUT2D eigenvalue weighted by Gasteiger charge is 2.44. The molecule has 462 valence electrons. The third-order valence-corrected chi connectivity index (χ3v) is 19.6. The minimum absolute atomic E-state index is 0.210. The summed E-state index contributed by atoms with van der Waals surface area (Å²) in [6.07, 6.45) is 0. The van der Waals surface area contributed by atoms with Gasteiger partial charge in [-0.05, 0) is 196 Å². The number of rotatable bonds is 13. The molecule has 5 heteroatoms. The van der Waals surface area contributed by atoms with E-state index < -0.39 is 0 Å². The average molecular weight is 1260 g/mol. The number of hydrogen-bond donors (Lipinski definition) is 0. The molecule has 0 aliphatic carbocycles. The Bertz CT molecular complexity index is 5160. The second-order valence-electron chi connectivity index (χ2n) is 25.7. The molecular formula is C94H63BN4. The summed E-state index contributed by atoms with van der Waals surface area (Å²) in [5, 5.41) is 0. The van der Waals surface area contributed by atoms with Crippen LogP contribution in [0, 0.1) is 0 Å². The van der Waals surface area contributed by atoms with Gasteiger partial charge >= 0.3 is 0 Å². The Kier molecular flexibility index (Phi) is 15.0. The Labute approximate surface area is 578 Å². The molecule has 2 aliphatic heterocycles. The van der Waals surface area contributed by atoms with Crippen molar-refractivity contribution in [2.45, 2.75) is 0 Å². The zero-order valence-corrected chi connectivity index (χ0v) is 54.2. The van der Waals surface area contributed by atoms with Gasteiger partial charge in [-0.15, -0.1) is 0 Å². The smallest absolute Gasteiger partial charge is 0.252 e. The number of benzene rings is 15. The van der Waals surface area contributed by atoms with E-state index in [1.165, 1.54) is 16.4 Å². The fraction of sp³-hybridized carbons (Fsp3) is 0. The zero-order chi connectivity index (χ0) is 65.6. The van der Waals surface area contributed by atoms with Gasteiger partial charge in [0.15, 0.2) is 5.82 Å². The standard InChI is InChI=1S/C94H63BN4/c1-9-25-64(26-10-1)72-41-47-83(48-42-72)98-89-51-45-74(66-29-13-3-14-30-66)59-85(89)95-86-60-75(67-31-15-4-16-32-67)46-52-90(86)99(84-49-43-73(44-50-84)65-27-11-2-12-28-65)92-62-82(61-91(98)93(92)95)94-96-87(80-55-76(68-33-17-5-18-34-68)53-77(56-80)69-35-19-6-20-36-69)63-88(97-94)81-57-78(70-37-21-7-22-38-70)54-79(58-81)71-39-23-8-24-40-71/h1-63H. The molecule has 0 atom stereocenters. The Morgan fingerprint density at radius 3 is 0.737 bits per heavy atom. The summed E-state index contributed by atoms with van der Waals surface area (Å²) in [4.78, 5) is 16.8. The summed E-state index contributed by atoms with van der Waals surface area (Å²) in [7, 11) is 0. The monoisotopic (exact) mass is 1260 g/mol. The summed E-state index contributed by atoms with van der Waals surface area (Å²) >= 11 is 0. The van der Waals surface area contributed by atoms with E-state index in [0.29, 0.717) is 5.82 Å². The Balaban J connectivity index is 0.939. The zero-order valence-electron chi connectivity index (χ0n) is 54.2. The molecular weight excluding hydrogens is 1200 g/mol. The molecule has 15 aromatic carbocycles. The van der Waals surface area contributed by atoms with Crippen LogP contribution in [0.3, 0.4) is 0 Å². The molecule has 4 nitrogen and oxygen atoms in total. The van der Waals surface area contributed by atoms with Crippen LogP contribution < -0.4 is 26.2 Å². The lowest BCUT2D eigenvalue weighted by molar-refractivity contribution is 1.18. The molecule has 0 N–H and O–H groups in total. The quantitative estimate of drug-likeness (QED) is 0.108. The Morgan fingerprint density at radius 1 is 0.182 bits per heavy atom. The van der Waals surface area contributed by atoms with Crippen molar-refractivity contribution in [1.29, 1.82) is 0 Å². The van der Waals surface area contributed by atoms with Crippen molar-refractivity contribution in [3.05, 3.63) is 382 Å². The summed E-state index contributed by atoms with van der Waals surface area (Å²) in [5.41, 5.74) is 32.6. The summed E-state index contributed by atoms with van der Waals surface area (Å²) in [6.45, 7) is -0.210. The maximum absolute atomic E-state index is 5.91. The van der Waals surface area contributed by atoms with Crippen LogP contribution in [0.1, 0.15) is 0 Å². The fourth-order valence-electron chi connectivity index (χ4n) is 14.8. The molecule has 18 rings (SSSR count). The number of fused-ring (bicyclic) bond motifs is 4. The molecule has 0 fully saturated rings. The van der Waals surface area contributed by atoms with Crippen LogP contribution in [0.15, 0.2) is 382 Å². The van der Waals surface area contributed by atoms with Gasteiger partial charge < -0.3 is 9.80 Å². The van der Waals surface area contributed by atoms with Crippen LogP contribution in [-0.4, -0.2) is 16.7 Å². The van der Waals surface area contributed by atoms with E-state index in [1.807, 2.05) is 0 Å². The van der Waals surface area contributed by atoms with Crippen LogP contribution in [0.4, 0.5) is 34.1 Å². The third kappa shape index (κ3) is 11.2. The van der Waals surface area contributed by atoms with Gasteiger partial charge in [-0.25, -0.2) is 9.97 Å². The maximum Gasteiger partial charge on any atom is 0.252 e. The SMILES string of the molecule is c1ccc(-c2ccc(N3c4ccc(-c5ccccc5)cc4B4c5cc(-c6ccccc6)ccc5N(c5ccc(-c6ccccc6)cc5)c5cc(-c6nc(-c7cc(-c8ccccc8)cc(-c8ccccc8)c7)cc(-c7cc(-c8ccccc8)cc(-c8ccccc8)c7)n6)cc3c54)cc2)cc1. The van der Waals surface area contributed by atoms with E-state index in [0.717, 1.165) is 151 Å². The maximum atomic E-state index is 5.91. The number of hydrogen-bond acceptors (Lipinski definition) is 4. The second-order valence-corrected chi connectivity index (χ2v) is 25.7. The molecule has 0 spiro atoms. The van der Waals surface area contributed by atoms with Crippen molar-refractivity contribution in [3.8, 4) is 123 Å². The van der Waals surface area contributed by atoms with Gasteiger partial charge in [0, 0.05) is 50.8 Å². The van der Waals surface area contributed by atoms with Gasteiger partial charge in [-0.2, -0.15) is 0 Å². The van der Waals surface area contributed by atoms with Gasteiger partial charge in [0.1, 0.15) is 0 Å².